The van der Waals surface area contributed by atoms with E-state index in [1.54, 1.807) is 12.2 Å². The average Bonchev–Trinajstić information content (AvgIpc) is 2.53. The van der Waals surface area contributed by atoms with Crippen molar-refractivity contribution in [3.8, 4) is 0 Å². The molecule has 0 saturated heterocycles. The molecule has 4 nitrogen and oxygen atoms in total. The summed E-state index contributed by atoms with van der Waals surface area (Å²) in [5.74, 6) is -0.440. The van der Waals surface area contributed by atoms with Gasteiger partial charge in [0, 0.05) is 6.08 Å². The van der Waals surface area contributed by atoms with Crippen molar-refractivity contribution in [3.05, 3.63) is 60.2 Å². The SMILES string of the molecule is C/C=C/C=C/C(=O)N[C@@H](CC(C)C)C(=O)OCc1ccccc1. The monoisotopic (exact) mass is 315 g/mol. The average molecular weight is 315 g/mol. The van der Waals surface area contributed by atoms with Gasteiger partial charge in [-0.25, -0.2) is 4.79 Å². The van der Waals surface area contributed by atoms with Gasteiger partial charge < -0.3 is 10.1 Å². The van der Waals surface area contributed by atoms with Crippen molar-refractivity contribution in [1.29, 1.82) is 0 Å². The van der Waals surface area contributed by atoms with Crippen molar-refractivity contribution in [3.63, 3.8) is 0 Å². The Bertz CT molecular complexity index is 547. The zero-order valence-electron chi connectivity index (χ0n) is 14.0. The number of hydrogen-bond acceptors (Lipinski definition) is 3. The molecule has 0 aliphatic heterocycles. The maximum Gasteiger partial charge on any atom is 0.328 e. The van der Waals surface area contributed by atoms with Crippen LogP contribution in [0.3, 0.4) is 0 Å². The lowest BCUT2D eigenvalue weighted by Gasteiger charge is -2.18. The van der Waals surface area contributed by atoms with Gasteiger partial charge in [-0.1, -0.05) is 62.4 Å². The van der Waals surface area contributed by atoms with Gasteiger partial charge in [0.15, 0.2) is 0 Å². The first kappa shape index (κ1) is 18.7. The largest absolute Gasteiger partial charge is 0.459 e. The summed E-state index contributed by atoms with van der Waals surface area (Å²) in [6.07, 6.45) is 7.15. The van der Waals surface area contributed by atoms with Crippen LogP contribution in [0, 0.1) is 5.92 Å². The summed E-state index contributed by atoms with van der Waals surface area (Å²) in [5.41, 5.74) is 0.920. The van der Waals surface area contributed by atoms with Crippen LogP contribution in [0.15, 0.2) is 54.6 Å². The van der Waals surface area contributed by atoms with Gasteiger partial charge in [-0.05, 0) is 24.8 Å². The molecule has 4 heteroatoms. The van der Waals surface area contributed by atoms with E-state index in [1.165, 1.54) is 6.08 Å². The zero-order chi connectivity index (χ0) is 17.1. The first-order chi connectivity index (χ1) is 11.0. The van der Waals surface area contributed by atoms with E-state index in [-0.39, 0.29) is 18.4 Å². The Morgan fingerprint density at radius 3 is 2.48 bits per heavy atom. The van der Waals surface area contributed by atoms with E-state index in [1.807, 2.05) is 57.2 Å². The molecule has 0 aromatic heterocycles. The van der Waals surface area contributed by atoms with Crippen molar-refractivity contribution in [2.75, 3.05) is 0 Å². The van der Waals surface area contributed by atoms with Crippen molar-refractivity contribution < 1.29 is 14.3 Å². The van der Waals surface area contributed by atoms with Gasteiger partial charge >= 0.3 is 5.97 Å². The number of allylic oxidation sites excluding steroid dienone is 3. The summed E-state index contributed by atoms with van der Waals surface area (Å²) in [6.45, 7) is 6.07. The van der Waals surface area contributed by atoms with Crippen LogP contribution in [-0.4, -0.2) is 17.9 Å². The van der Waals surface area contributed by atoms with Crippen molar-refractivity contribution in [2.45, 2.75) is 39.8 Å². The minimum absolute atomic E-state index is 0.207. The Labute approximate surface area is 138 Å². The first-order valence-corrected chi connectivity index (χ1v) is 7.83. The molecule has 0 aliphatic rings. The van der Waals surface area contributed by atoms with E-state index in [2.05, 4.69) is 5.32 Å². The molecule has 0 radical (unpaired) electrons. The molecule has 1 N–H and O–H groups in total. The molecule has 0 aliphatic carbocycles. The summed E-state index contributed by atoms with van der Waals surface area (Å²) in [5, 5.41) is 2.71. The maximum absolute atomic E-state index is 12.2. The molecule has 0 saturated carbocycles. The number of carbonyl (C=O) groups excluding carboxylic acids is 2. The van der Waals surface area contributed by atoms with Gasteiger partial charge in [0.2, 0.25) is 5.91 Å². The standard InChI is InChI=1S/C19H25NO3/c1-4-5-7-12-18(21)20-17(13-15(2)3)19(22)23-14-16-10-8-6-9-11-16/h4-12,15,17H,13-14H2,1-3H3,(H,20,21)/b5-4+,12-7+/t17-/m0/s1. The van der Waals surface area contributed by atoms with Crippen LogP contribution >= 0.6 is 0 Å². The lowest BCUT2D eigenvalue weighted by Crippen LogP contribution is -2.42. The van der Waals surface area contributed by atoms with E-state index in [9.17, 15) is 9.59 Å². The summed E-state index contributed by atoms with van der Waals surface area (Å²) >= 11 is 0. The lowest BCUT2D eigenvalue weighted by molar-refractivity contribution is -0.149. The van der Waals surface area contributed by atoms with Crippen molar-refractivity contribution >= 4 is 11.9 Å². The number of hydrogen-bond donors (Lipinski definition) is 1. The normalized spacial score (nSPS) is 12.7. The fourth-order valence-corrected chi connectivity index (χ4v) is 1.99. The van der Waals surface area contributed by atoms with E-state index >= 15 is 0 Å². The molecule has 124 valence electrons. The van der Waals surface area contributed by atoms with E-state index in [4.69, 9.17) is 4.74 Å². The summed E-state index contributed by atoms with van der Waals surface area (Å²) in [7, 11) is 0. The minimum atomic E-state index is -0.638. The number of esters is 1. The fraction of sp³-hybridized carbons (Fsp3) is 0.368. The highest BCUT2D eigenvalue weighted by Crippen LogP contribution is 2.09. The van der Waals surface area contributed by atoms with Crippen LogP contribution in [0.5, 0.6) is 0 Å². The first-order valence-electron chi connectivity index (χ1n) is 7.83. The molecule has 1 aromatic rings. The smallest absolute Gasteiger partial charge is 0.328 e. The predicted octanol–water partition coefficient (Wildman–Crippen LogP) is 3.39. The van der Waals surface area contributed by atoms with Crippen LogP contribution in [-0.2, 0) is 20.9 Å². The molecular formula is C19H25NO3. The number of nitrogens with one attached hydrogen (secondary N) is 1. The number of carbonyl (C=O) groups is 2. The molecule has 23 heavy (non-hydrogen) atoms. The maximum atomic E-state index is 12.2. The number of ether oxygens (including phenoxy) is 1. The summed E-state index contributed by atoms with van der Waals surface area (Å²) < 4.78 is 5.33. The van der Waals surface area contributed by atoms with E-state index in [0.717, 1.165) is 5.56 Å². The molecular weight excluding hydrogens is 290 g/mol. The van der Waals surface area contributed by atoms with Crippen molar-refractivity contribution in [2.24, 2.45) is 5.92 Å². The highest BCUT2D eigenvalue weighted by molar-refractivity contribution is 5.91. The molecule has 0 heterocycles. The number of rotatable bonds is 8. The Hall–Kier alpha value is -2.36. The second-order valence-electron chi connectivity index (χ2n) is 5.67. The highest BCUT2D eigenvalue weighted by Gasteiger charge is 2.22. The number of amides is 1. The fourth-order valence-electron chi connectivity index (χ4n) is 1.99. The van der Waals surface area contributed by atoms with Crippen LogP contribution in [0.25, 0.3) is 0 Å². The molecule has 1 aromatic carbocycles. The Morgan fingerprint density at radius 1 is 1.17 bits per heavy atom. The third kappa shape index (κ3) is 8.00. The molecule has 1 atom stereocenters. The molecule has 1 amide bonds. The molecule has 0 fully saturated rings. The van der Waals surface area contributed by atoms with Crippen LogP contribution < -0.4 is 5.32 Å². The third-order valence-corrected chi connectivity index (χ3v) is 3.08. The second kappa shape index (κ2) is 10.4. The van der Waals surface area contributed by atoms with Gasteiger partial charge in [-0.15, -0.1) is 0 Å². The van der Waals surface area contributed by atoms with Crippen LogP contribution in [0.4, 0.5) is 0 Å². The van der Waals surface area contributed by atoms with E-state index < -0.39 is 12.0 Å². The van der Waals surface area contributed by atoms with Gasteiger partial charge in [-0.2, -0.15) is 0 Å². The van der Waals surface area contributed by atoms with Gasteiger partial charge in [-0.3, -0.25) is 4.79 Å². The lowest BCUT2D eigenvalue weighted by atomic mass is 10.0. The quantitative estimate of drug-likeness (QED) is 0.454. The highest BCUT2D eigenvalue weighted by atomic mass is 16.5. The van der Waals surface area contributed by atoms with Gasteiger partial charge in [0.1, 0.15) is 12.6 Å². The molecule has 0 bridgehead atoms. The number of benzene rings is 1. The van der Waals surface area contributed by atoms with Gasteiger partial charge in [0.25, 0.3) is 0 Å². The van der Waals surface area contributed by atoms with Crippen LogP contribution in [0.2, 0.25) is 0 Å². The summed E-state index contributed by atoms with van der Waals surface area (Å²) in [6, 6.07) is 8.84. The Kier molecular flexibility index (Phi) is 8.43. The van der Waals surface area contributed by atoms with E-state index in [0.29, 0.717) is 6.42 Å². The minimum Gasteiger partial charge on any atom is -0.459 e. The molecule has 1 rings (SSSR count). The predicted molar refractivity (Wildman–Crippen MR) is 91.6 cm³/mol. The molecule has 0 spiro atoms. The molecule has 0 unspecified atom stereocenters. The topological polar surface area (TPSA) is 55.4 Å². The third-order valence-electron chi connectivity index (χ3n) is 3.08. The van der Waals surface area contributed by atoms with Gasteiger partial charge in [0.05, 0.1) is 0 Å². The zero-order valence-corrected chi connectivity index (χ0v) is 14.0. The summed E-state index contributed by atoms with van der Waals surface area (Å²) in [4.78, 5) is 24.1. The Morgan fingerprint density at radius 2 is 1.87 bits per heavy atom. The Balaban J connectivity index is 2.61. The van der Waals surface area contributed by atoms with Crippen molar-refractivity contribution in [1.82, 2.24) is 5.32 Å². The van der Waals surface area contributed by atoms with Crippen LogP contribution in [0.1, 0.15) is 32.8 Å². The second-order valence-corrected chi connectivity index (χ2v) is 5.67.